The molecule has 2 saturated heterocycles. The van der Waals surface area contributed by atoms with E-state index in [-0.39, 0.29) is 36.2 Å². The fourth-order valence-corrected chi connectivity index (χ4v) is 6.45. The van der Waals surface area contributed by atoms with Gasteiger partial charge in [-0.1, -0.05) is 33.6 Å². The van der Waals surface area contributed by atoms with Gasteiger partial charge in [0.1, 0.15) is 6.04 Å². The number of nitriles is 1. The molecule has 40 heavy (non-hydrogen) atoms. The molecule has 3 fully saturated rings. The summed E-state index contributed by atoms with van der Waals surface area (Å²) >= 11 is 0. The van der Waals surface area contributed by atoms with Gasteiger partial charge in [0.2, 0.25) is 11.8 Å². The second kappa shape index (κ2) is 12.0. The number of fused-ring (bicyclic) bond motifs is 1. The average molecular weight is 570 g/mol. The molecule has 0 radical (unpaired) electrons. The van der Waals surface area contributed by atoms with Gasteiger partial charge in [-0.05, 0) is 63.2 Å². The van der Waals surface area contributed by atoms with Gasteiger partial charge in [-0.3, -0.25) is 24.1 Å². The minimum atomic E-state index is -5.13. The number of carbonyl (C=O) groups excluding carboxylic acids is 4. The largest absolute Gasteiger partial charge is 0.471 e. The van der Waals surface area contributed by atoms with Crippen molar-refractivity contribution in [1.82, 2.24) is 20.9 Å². The molecule has 6 atom stereocenters. The highest BCUT2D eigenvalue weighted by Gasteiger charge is 2.49. The highest BCUT2D eigenvalue weighted by Crippen LogP contribution is 2.41. The van der Waals surface area contributed by atoms with Crippen LogP contribution in [0.5, 0.6) is 0 Å². The molecule has 0 aromatic rings. The molecule has 0 aromatic heterocycles. The number of Topliss-reactive ketones (excluding diaryl/α,β-unsaturated/α-hetero) is 1. The van der Waals surface area contributed by atoms with Gasteiger partial charge in [0.05, 0.1) is 24.7 Å². The second-order valence-corrected chi connectivity index (χ2v) is 13.4. The van der Waals surface area contributed by atoms with Crippen LogP contribution in [0.1, 0.15) is 79.6 Å². The first-order chi connectivity index (χ1) is 18.4. The van der Waals surface area contributed by atoms with E-state index in [0.29, 0.717) is 13.0 Å². The molecule has 2 heterocycles. The van der Waals surface area contributed by atoms with Crippen LogP contribution in [0, 0.1) is 34.5 Å². The highest BCUT2D eigenvalue weighted by atomic mass is 19.4. The molecule has 1 aliphatic carbocycles. The summed E-state index contributed by atoms with van der Waals surface area (Å²) in [6.07, 6.45) is -0.0938. The number of halogens is 3. The zero-order valence-electron chi connectivity index (χ0n) is 24.0. The second-order valence-electron chi connectivity index (χ2n) is 13.4. The maximum absolute atomic E-state index is 13.6. The topological polar surface area (TPSA) is 131 Å². The van der Waals surface area contributed by atoms with Crippen LogP contribution in [-0.4, -0.2) is 71.3 Å². The van der Waals surface area contributed by atoms with Gasteiger partial charge in [-0.15, -0.1) is 0 Å². The monoisotopic (exact) mass is 569 g/mol. The van der Waals surface area contributed by atoms with Crippen LogP contribution in [-0.2, 0) is 19.2 Å². The van der Waals surface area contributed by atoms with Crippen molar-refractivity contribution in [2.24, 2.45) is 23.2 Å². The number of ketones is 1. The molecule has 2 aliphatic heterocycles. The van der Waals surface area contributed by atoms with E-state index >= 15 is 0 Å². The third kappa shape index (κ3) is 7.74. The Bertz CT molecular complexity index is 1030. The molecule has 1 saturated carbocycles. The number of alkyl halides is 3. The Morgan fingerprint density at radius 3 is 2.35 bits per heavy atom. The summed E-state index contributed by atoms with van der Waals surface area (Å²) in [6.45, 7) is 8.69. The van der Waals surface area contributed by atoms with Crippen LogP contribution < -0.4 is 16.0 Å². The Labute approximate surface area is 234 Å². The van der Waals surface area contributed by atoms with Crippen molar-refractivity contribution in [2.75, 3.05) is 13.1 Å². The third-order valence-electron chi connectivity index (χ3n) is 8.53. The van der Waals surface area contributed by atoms with Gasteiger partial charge in [0, 0.05) is 18.0 Å². The molecule has 0 unspecified atom stereocenters. The highest BCUT2D eigenvalue weighted by molar-refractivity contribution is 5.93. The quantitative estimate of drug-likeness (QED) is 0.412. The van der Waals surface area contributed by atoms with E-state index in [9.17, 15) is 37.6 Å². The zero-order valence-corrected chi connectivity index (χ0v) is 24.0. The van der Waals surface area contributed by atoms with Crippen LogP contribution in [0.15, 0.2) is 0 Å². The van der Waals surface area contributed by atoms with Gasteiger partial charge in [-0.2, -0.15) is 18.4 Å². The predicted molar refractivity (Wildman–Crippen MR) is 140 cm³/mol. The molecule has 224 valence electrons. The number of rotatable bonds is 8. The Morgan fingerprint density at radius 2 is 1.77 bits per heavy atom. The number of piperidine rings is 1. The molecular weight excluding hydrogens is 527 g/mol. The summed E-state index contributed by atoms with van der Waals surface area (Å²) in [4.78, 5) is 52.9. The minimum absolute atomic E-state index is 0.0578. The Balaban J connectivity index is 1.75. The van der Waals surface area contributed by atoms with E-state index in [1.54, 1.807) is 25.7 Å². The predicted octanol–water partition coefficient (Wildman–Crippen LogP) is 2.84. The fraction of sp³-hybridized carbons (Fsp3) is 0.821. The van der Waals surface area contributed by atoms with Crippen LogP contribution in [0.25, 0.3) is 0 Å². The van der Waals surface area contributed by atoms with E-state index in [0.717, 1.165) is 32.1 Å². The smallest absolute Gasteiger partial charge is 0.351 e. The first kappa shape index (κ1) is 31.8. The summed E-state index contributed by atoms with van der Waals surface area (Å²) in [5.41, 5.74) is -1.32. The Hall–Kier alpha value is -2.68. The molecule has 3 aliphatic rings. The molecule has 3 rings (SSSR count). The summed E-state index contributed by atoms with van der Waals surface area (Å²) in [7, 11) is 0. The SMILES string of the molecule is CC1(C)CC[C@@H](C[C@@H](C#N)NC(=O)[C@@H]2[C@H]3CCCC[C@H]3CN2CC(=O)[C@@H](NC(=O)C(F)(F)F)C(C)(C)C)C(=O)N1. The van der Waals surface area contributed by atoms with Crippen LogP contribution in [0.3, 0.4) is 0 Å². The fourth-order valence-electron chi connectivity index (χ4n) is 6.45. The van der Waals surface area contributed by atoms with E-state index in [4.69, 9.17) is 0 Å². The van der Waals surface area contributed by atoms with Gasteiger partial charge >= 0.3 is 12.1 Å². The van der Waals surface area contributed by atoms with Crippen LogP contribution in [0.2, 0.25) is 0 Å². The van der Waals surface area contributed by atoms with Crippen molar-refractivity contribution in [3.63, 3.8) is 0 Å². The molecule has 12 heteroatoms. The lowest BCUT2D eigenvalue weighted by molar-refractivity contribution is -0.175. The molecule has 3 N–H and O–H groups in total. The molecule has 0 bridgehead atoms. The summed E-state index contributed by atoms with van der Waals surface area (Å²) in [5.74, 6) is -3.69. The Kier molecular flexibility index (Phi) is 9.59. The molecule has 0 spiro atoms. The number of amides is 3. The Morgan fingerprint density at radius 1 is 1.12 bits per heavy atom. The summed E-state index contributed by atoms with van der Waals surface area (Å²) in [6, 6.07) is -0.951. The number of hydrogen-bond donors (Lipinski definition) is 3. The van der Waals surface area contributed by atoms with Gasteiger partial charge < -0.3 is 16.0 Å². The third-order valence-corrected chi connectivity index (χ3v) is 8.53. The van der Waals surface area contributed by atoms with E-state index in [1.807, 2.05) is 19.2 Å². The van der Waals surface area contributed by atoms with Crippen molar-refractivity contribution >= 4 is 23.5 Å². The standard InChI is InChI=1S/C28H42F3N5O4/c1-26(2,3)22(34-25(40)28(29,30)31)20(37)15-36-14-17-8-6-7-9-19(17)21(36)24(39)33-18(13-32)12-16-10-11-27(4,5)35-23(16)38/h16-19,21-22H,6-12,14-15H2,1-5H3,(H,33,39)(H,34,40)(H,35,38)/t16-,17-,18-,19-,21-,22+/m0/s1. The van der Waals surface area contributed by atoms with Crippen molar-refractivity contribution in [2.45, 2.75) is 109 Å². The van der Waals surface area contributed by atoms with Crippen molar-refractivity contribution in [3.8, 4) is 6.07 Å². The first-order valence-corrected chi connectivity index (χ1v) is 14.1. The summed E-state index contributed by atoms with van der Waals surface area (Å²) < 4.78 is 38.9. The summed E-state index contributed by atoms with van der Waals surface area (Å²) in [5, 5.41) is 17.4. The lowest BCUT2D eigenvalue weighted by atomic mass is 9.78. The number of hydrogen-bond acceptors (Lipinski definition) is 6. The average Bonchev–Trinajstić information content (AvgIpc) is 3.19. The molecule has 0 aromatic carbocycles. The number of nitrogens with one attached hydrogen (secondary N) is 3. The normalized spacial score (nSPS) is 28.4. The minimum Gasteiger partial charge on any atom is -0.351 e. The van der Waals surface area contributed by atoms with E-state index < -0.39 is 53.2 Å². The maximum atomic E-state index is 13.6. The maximum Gasteiger partial charge on any atom is 0.471 e. The number of carbonyl (C=O) groups is 4. The zero-order chi connectivity index (χ0) is 30.0. The van der Waals surface area contributed by atoms with Crippen molar-refractivity contribution in [3.05, 3.63) is 0 Å². The molecule has 3 amide bonds. The first-order valence-electron chi connectivity index (χ1n) is 14.1. The number of nitrogens with zero attached hydrogens (tertiary/aromatic N) is 2. The van der Waals surface area contributed by atoms with E-state index in [1.165, 1.54) is 0 Å². The van der Waals surface area contributed by atoms with Crippen LogP contribution >= 0.6 is 0 Å². The van der Waals surface area contributed by atoms with E-state index in [2.05, 4.69) is 16.7 Å². The van der Waals surface area contributed by atoms with Gasteiger partial charge in [0.15, 0.2) is 5.78 Å². The molecule has 9 nitrogen and oxygen atoms in total. The number of likely N-dealkylation sites (tertiary alicyclic amines) is 1. The van der Waals surface area contributed by atoms with Crippen molar-refractivity contribution < 1.29 is 32.3 Å². The van der Waals surface area contributed by atoms with Gasteiger partial charge in [-0.25, -0.2) is 0 Å². The lowest BCUT2D eigenvalue weighted by Gasteiger charge is -2.36. The van der Waals surface area contributed by atoms with Crippen molar-refractivity contribution in [1.29, 1.82) is 5.26 Å². The van der Waals surface area contributed by atoms with Gasteiger partial charge in [0.25, 0.3) is 0 Å². The molecular formula is C28H42F3N5O4. The van der Waals surface area contributed by atoms with Crippen LogP contribution in [0.4, 0.5) is 13.2 Å². The lowest BCUT2D eigenvalue weighted by Crippen LogP contribution is -2.57.